The lowest BCUT2D eigenvalue weighted by Crippen LogP contribution is -2.48. The Labute approximate surface area is 135 Å². The molecule has 1 amide bonds. The summed E-state index contributed by atoms with van der Waals surface area (Å²) in [6.07, 6.45) is 1.75. The molecule has 0 aromatic heterocycles. The fourth-order valence-electron chi connectivity index (χ4n) is 2.51. The van der Waals surface area contributed by atoms with Crippen molar-refractivity contribution in [3.05, 3.63) is 29.8 Å². The maximum atomic E-state index is 12.8. The molecule has 1 aliphatic rings. The Morgan fingerprint density at radius 2 is 1.91 bits per heavy atom. The van der Waals surface area contributed by atoms with Crippen LogP contribution in [0.1, 0.15) is 24.8 Å². The lowest BCUT2D eigenvalue weighted by atomic mass is 10.1. The third-order valence-corrected chi connectivity index (χ3v) is 5.63. The van der Waals surface area contributed by atoms with E-state index in [-0.39, 0.29) is 11.4 Å². The van der Waals surface area contributed by atoms with E-state index in [2.05, 4.69) is 0 Å². The second-order valence-electron chi connectivity index (χ2n) is 5.51. The molecule has 0 unspecified atom stereocenters. The topological polar surface area (TPSA) is 107 Å². The summed E-state index contributed by atoms with van der Waals surface area (Å²) in [6.45, 7) is 1.56. The number of nitrogens with zero attached hydrogens (tertiary/aromatic N) is 1. The molecule has 2 N–H and O–H groups in total. The molecule has 1 aromatic rings. The van der Waals surface area contributed by atoms with E-state index < -0.39 is 34.5 Å². The van der Waals surface area contributed by atoms with E-state index in [4.69, 9.17) is 10.5 Å². The molecule has 0 spiro atoms. The standard InChI is InChI=1S/C15H20N2O5S/c1-11-5-7-12(8-6-11)23(20,21)17-9-3-2-4-13(17)15(19)22-10-14(16)18/h5-8,13H,2-4,9-10H2,1H3,(H2,16,18)/t13-/m1/s1. The Hall–Kier alpha value is -1.93. The smallest absolute Gasteiger partial charge is 0.324 e. The van der Waals surface area contributed by atoms with Crippen molar-refractivity contribution in [1.29, 1.82) is 0 Å². The van der Waals surface area contributed by atoms with Gasteiger partial charge in [-0.05, 0) is 38.3 Å². The van der Waals surface area contributed by atoms with Crippen LogP contribution in [0.25, 0.3) is 0 Å². The lowest BCUT2D eigenvalue weighted by molar-refractivity contribution is -0.152. The fraction of sp³-hybridized carbons (Fsp3) is 0.467. The Balaban J connectivity index is 2.24. The first-order chi connectivity index (χ1) is 10.8. The van der Waals surface area contributed by atoms with Gasteiger partial charge in [0.2, 0.25) is 10.0 Å². The van der Waals surface area contributed by atoms with Gasteiger partial charge in [-0.15, -0.1) is 0 Å². The molecule has 2 rings (SSSR count). The highest BCUT2D eigenvalue weighted by atomic mass is 32.2. The van der Waals surface area contributed by atoms with Crippen LogP contribution in [0.3, 0.4) is 0 Å². The summed E-state index contributed by atoms with van der Waals surface area (Å²) >= 11 is 0. The van der Waals surface area contributed by atoms with Crippen LogP contribution < -0.4 is 5.73 Å². The maximum Gasteiger partial charge on any atom is 0.324 e. The minimum Gasteiger partial charge on any atom is -0.454 e. The van der Waals surface area contributed by atoms with E-state index in [9.17, 15) is 18.0 Å². The molecular formula is C15H20N2O5S. The zero-order valence-electron chi connectivity index (χ0n) is 12.9. The molecule has 126 valence electrons. The number of rotatable bonds is 5. The third-order valence-electron chi connectivity index (χ3n) is 3.71. The highest BCUT2D eigenvalue weighted by Gasteiger charge is 2.38. The number of piperidine rings is 1. The molecule has 0 radical (unpaired) electrons. The van der Waals surface area contributed by atoms with Crippen LogP contribution in [-0.4, -0.2) is 43.8 Å². The first-order valence-electron chi connectivity index (χ1n) is 7.36. The van der Waals surface area contributed by atoms with Gasteiger partial charge in [-0.25, -0.2) is 8.42 Å². The van der Waals surface area contributed by atoms with Gasteiger partial charge in [0, 0.05) is 6.54 Å². The van der Waals surface area contributed by atoms with Crippen molar-refractivity contribution in [1.82, 2.24) is 4.31 Å². The number of benzene rings is 1. The van der Waals surface area contributed by atoms with E-state index >= 15 is 0 Å². The number of carbonyl (C=O) groups excluding carboxylic acids is 2. The highest BCUT2D eigenvalue weighted by molar-refractivity contribution is 7.89. The zero-order chi connectivity index (χ0) is 17.0. The second kappa shape index (κ2) is 7.10. The van der Waals surface area contributed by atoms with Crippen molar-refractivity contribution in [3.8, 4) is 0 Å². The number of primary amides is 1. The molecule has 8 heteroatoms. The SMILES string of the molecule is Cc1ccc(S(=O)(=O)N2CCCC[C@@H]2C(=O)OCC(N)=O)cc1. The normalized spacial score (nSPS) is 19.3. The van der Waals surface area contributed by atoms with Gasteiger partial charge < -0.3 is 10.5 Å². The molecule has 0 aliphatic carbocycles. The first kappa shape index (κ1) is 17.4. The predicted molar refractivity (Wildman–Crippen MR) is 82.9 cm³/mol. The van der Waals surface area contributed by atoms with Gasteiger partial charge in [0.25, 0.3) is 5.91 Å². The van der Waals surface area contributed by atoms with E-state index in [0.717, 1.165) is 16.3 Å². The van der Waals surface area contributed by atoms with Crippen LogP contribution >= 0.6 is 0 Å². The molecular weight excluding hydrogens is 320 g/mol. The average molecular weight is 340 g/mol. The van der Waals surface area contributed by atoms with Crippen LogP contribution in [0.4, 0.5) is 0 Å². The highest BCUT2D eigenvalue weighted by Crippen LogP contribution is 2.26. The van der Waals surface area contributed by atoms with Crippen molar-refractivity contribution in [3.63, 3.8) is 0 Å². The minimum atomic E-state index is -3.80. The van der Waals surface area contributed by atoms with Crippen LogP contribution in [0.2, 0.25) is 0 Å². The predicted octanol–water partition coefficient (Wildman–Crippen LogP) is 0.567. The quantitative estimate of drug-likeness (QED) is 0.789. The van der Waals surface area contributed by atoms with Gasteiger partial charge >= 0.3 is 5.97 Å². The zero-order valence-corrected chi connectivity index (χ0v) is 13.7. The number of nitrogens with two attached hydrogens (primary N) is 1. The van der Waals surface area contributed by atoms with Crippen molar-refractivity contribution in [2.24, 2.45) is 5.73 Å². The minimum absolute atomic E-state index is 0.137. The lowest BCUT2D eigenvalue weighted by Gasteiger charge is -2.32. The summed E-state index contributed by atoms with van der Waals surface area (Å²) in [6, 6.07) is 5.53. The van der Waals surface area contributed by atoms with Crippen molar-refractivity contribution >= 4 is 21.9 Å². The molecule has 7 nitrogen and oxygen atoms in total. The second-order valence-corrected chi connectivity index (χ2v) is 7.40. The van der Waals surface area contributed by atoms with Gasteiger partial charge in [0.1, 0.15) is 6.04 Å². The van der Waals surface area contributed by atoms with Crippen LogP contribution in [-0.2, 0) is 24.3 Å². The summed E-state index contributed by atoms with van der Waals surface area (Å²) < 4.78 is 31.5. The number of aryl methyl sites for hydroxylation is 1. The number of amides is 1. The van der Waals surface area contributed by atoms with E-state index in [1.807, 2.05) is 6.92 Å². The van der Waals surface area contributed by atoms with E-state index in [1.165, 1.54) is 12.1 Å². The molecule has 23 heavy (non-hydrogen) atoms. The molecule has 1 fully saturated rings. The largest absolute Gasteiger partial charge is 0.454 e. The van der Waals surface area contributed by atoms with Gasteiger partial charge in [0.05, 0.1) is 4.90 Å². The van der Waals surface area contributed by atoms with Crippen molar-refractivity contribution in [2.45, 2.75) is 37.1 Å². The summed E-state index contributed by atoms with van der Waals surface area (Å²) in [5.74, 6) is -1.51. The van der Waals surface area contributed by atoms with Gasteiger partial charge in [0.15, 0.2) is 6.61 Å². The molecule has 1 aromatic carbocycles. The average Bonchev–Trinajstić information content (AvgIpc) is 2.53. The molecule has 0 saturated carbocycles. The first-order valence-corrected chi connectivity index (χ1v) is 8.80. The molecule has 1 saturated heterocycles. The van der Waals surface area contributed by atoms with Crippen LogP contribution in [0.5, 0.6) is 0 Å². The summed E-state index contributed by atoms with van der Waals surface area (Å²) in [4.78, 5) is 23.0. The Kier molecular flexibility index (Phi) is 5.38. The summed E-state index contributed by atoms with van der Waals surface area (Å²) in [5.41, 5.74) is 5.89. The Morgan fingerprint density at radius 3 is 2.52 bits per heavy atom. The Morgan fingerprint density at radius 1 is 1.26 bits per heavy atom. The molecule has 0 bridgehead atoms. The number of sulfonamides is 1. The molecule has 1 atom stereocenters. The van der Waals surface area contributed by atoms with Crippen LogP contribution in [0, 0.1) is 6.92 Å². The van der Waals surface area contributed by atoms with Gasteiger partial charge in [-0.1, -0.05) is 17.7 Å². The monoisotopic (exact) mass is 340 g/mol. The number of carbonyl (C=O) groups is 2. The van der Waals surface area contributed by atoms with Crippen molar-refractivity contribution < 1.29 is 22.7 Å². The number of hydrogen-bond acceptors (Lipinski definition) is 5. The molecule has 1 aliphatic heterocycles. The Bertz CT molecular complexity index is 684. The number of hydrogen-bond donors (Lipinski definition) is 1. The number of ether oxygens (including phenoxy) is 1. The summed E-state index contributed by atoms with van der Waals surface area (Å²) in [7, 11) is -3.80. The fourth-order valence-corrected chi connectivity index (χ4v) is 4.16. The van der Waals surface area contributed by atoms with E-state index in [1.54, 1.807) is 12.1 Å². The van der Waals surface area contributed by atoms with Gasteiger partial charge in [-0.3, -0.25) is 9.59 Å². The van der Waals surface area contributed by atoms with Crippen LogP contribution in [0.15, 0.2) is 29.2 Å². The van der Waals surface area contributed by atoms with Gasteiger partial charge in [-0.2, -0.15) is 4.31 Å². The third kappa shape index (κ3) is 4.08. The summed E-state index contributed by atoms with van der Waals surface area (Å²) in [5, 5.41) is 0. The molecule has 1 heterocycles. The number of esters is 1. The van der Waals surface area contributed by atoms with E-state index in [0.29, 0.717) is 12.8 Å². The maximum absolute atomic E-state index is 12.8. The van der Waals surface area contributed by atoms with Crippen molar-refractivity contribution in [2.75, 3.05) is 13.2 Å².